The molecule has 1 saturated heterocycles. The molecule has 1 aromatic rings. The number of hydrogen-bond acceptors (Lipinski definition) is 3. The van der Waals surface area contributed by atoms with Crippen LogP contribution in [0.3, 0.4) is 0 Å². The van der Waals surface area contributed by atoms with Gasteiger partial charge in [0.2, 0.25) is 0 Å². The Bertz CT molecular complexity index is 528. The zero-order valence-corrected chi connectivity index (χ0v) is 11.6. The Morgan fingerprint density at radius 2 is 2.05 bits per heavy atom. The molecule has 0 aliphatic carbocycles. The number of nitrogens with two attached hydrogens (primary N) is 1. The van der Waals surface area contributed by atoms with Crippen LogP contribution in [0.5, 0.6) is 0 Å². The predicted octanol–water partition coefficient (Wildman–Crippen LogP) is 2.05. The van der Waals surface area contributed by atoms with E-state index >= 15 is 0 Å². The quantitative estimate of drug-likeness (QED) is 0.810. The summed E-state index contributed by atoms with van der Waals surface area (Å²) in [7, 11) is 0. The van der Waals surface area contributed by atoms with Gasteiger partial charge in [-0.3, -0.25) is 4.79 Å². The first-order valence-corrected chi connectivity index (χ1v) is 6.90. The second kappa shape index (κ2) is 5.94. The van der Waals surface area contributed by atoms with E-state index in [1.54, 1.807) is 18.2 Å². The lowest BCUT2D eigenvalue weighted by Crippen LogP contribution is -2.44. The minimum atomic E-state index is -0.924. The van der Waals surface area contributed by atoms with Crippen molar-refractivity contribution in [1.82, 2.24) is 4.90 Å². The van der Waals surface area contributed by atoms with E-state index in [4.69, 9.17) is 5.73 Å². The highest BCUT2D eigenvalue weighted by atomic mass is 16.4. The van der Waals surface area contributed by atoms with Crippen molar-refractivity contribution < 1.29 is 14.7 Å². The van der Waals surface area contributed by atoms with Gasteiger partial charge in [0.15, 0.2) is 0 Å². The van der Waals surface area contributed by atoms with Gasteiger partial charge in [0.05, 0.1) is 0 Å². The fourth-order valence-electron chi connectivity index (χ4n) is 2.58. The Kier molecular flexibility index (Phi) is 4.27. The fourth-order valence-corrected chi connectivity index (χ4v) is 2.58. The number of carboxylic acids is 1. The van der Waals surface area contributed by atoms with Crippen LogP contribution < -0.4 is 5.73 Å². The summed E-state index contributed by atoms with van der Waals surface area (Å²) in [5.74, 6) is -1.14. The van der Waals surface area contributed by atoms with Crippen molar-refractivity contribution in [2.24, 2.45) is 0 Å². The second-order valence-corrected chi connectivity index (χ2v) is 5.27. The first-order chi connectivity index (χ1) is 9.50. The number of amides is 1. The summed E-state index contributed by atoms with van der Waals surface area (Å²) in [6.07, 6.45) is 3.19. The highest BCUT2D eigenvalue weighted by Crippen LogP contribution is 2.21. The van der Waals surface area contributed by atoms with E-state index in [-0.39, 0.29) is 5.91 Å². The van der Waals surface area contributed by atoms with Gasteiger partial charge < -0.3 is 15.7 Å². The Morgan fingerprint density at radius 1 is 1.30 bits per heavy atom. The van der Waals surface area contributed by atoms with Crippen LogP contribution in [0.25, 0.3) is 0 Å². The molecule has 1 aromatic carbocycles. The van der Waals surface area contributed by atoms with Crippen LogP contribution in [0, 0.1) is 6.92 Å². The number of carbonyl (C=O) groups excluding carboxylic acids is 1. The lowest BCUT2D eigenvalue weighted by atomic mass is 10.1. The number of nitrogen functional groups attached to an aromatic ring is 1. The Morgan fingerprint density at radius 3 is 2.70 bits per heavy atom. The molecule has 2 rings (SSSR count). The van der Waals surface area contributed by atoms with Gasteiger partial charge in [0.25, 0.3) is 5.91 Å². The van der Waals surface area contributed by atoms with Crippen molar-refractivity contribution in [3.8, 4) is 0 Å². The molecule has 1 fully saturated rings. The molecule has 5 heteroatoms. The molecule has 0 bridgehead atoms. The second-order valence-electron chi connectivity index (χ2n) is 5.27. The maximum absolute atomic E-state index is 12.6. The molecule has 0 saturated carbocycles. The third kappa shape index (κ3) is 2.92. The van der Waals surface area contributed by atoms with Gasteiger partial charge in [-0.15, -0.1) is 0 Å². The minimum absolute atomic E-state index is 0.220. The van der Waals surface area contributed by atoms with E-state index in [1.165, 1.54) is 4.90 Å². The first-order valence-electron chi connectivity index (χ1n) is 6.90. The van der Waals surface area contributed by atoms with Gasteiger partial charge in [-0.2, -0.15) is 0 Å². The molecule has 0 spiro atoms. The summed E-state index contributed by atoms with van der Waals surface area (Å²) < 4.78 is 0. The van der Waals surface area contributed by atoms with Crippen LogP contribution in [0.1, 0.15) is 41.6 Å². The number of rotatable bonds is 2. The maximum atomic E-state index is 12.6. The Hall–Kier alpha value is -2.04. The lowest BCUT2D eigenvalue weighted by molar-refractivity contribution is -0.142. The largest absolute Gasteiger partial charge is 0.480 e. The van der Waals surface area contributed by atoms with Crippen LogP contribution in [-0.4, -0.2) is 34.5 Å². The number of aryl methyl sites for hydroxylation is 1. The van der Waals surface area contributed by atoms with Gasteiger partial charge in [-0.05, 0) is 43.5 Å². The summed E-state index contributed by atoms with van der Waals surface area (Å²) >= 11 is 0. The van der Waals surface area contributed by atoms with Crippen molar-refractivity contribution >= 4 is 17.6 Å². The van der Waals surface area contributed by atoms with Crippen molar-refractivity contribution in [3.63, 3.8) is 0 Å². The van der Waals surface area contributed by atoms with Crippen LogP contribution in [0.15, 0.2) is 18.2 Å². The number of anilines is 1. The molecular formula is C15H20N2O3. The minimum Gasteiger partial charge on any atom is -0.480 e. The zero-order valence-electron chi connectivity index (χ0n) is 11.6. The third-order valence-corrected chi connectivity index (χ3v) is 3.82. The van der Waals surface area contributed by atoms with Crippen molar-refractivity contribution in [2.75, 3.05) is 12.3 Å². The standard InChI is InChI=1S/C15H20N2O3/c1-10-9-11(6-7-12(10)16)14(18)17-8-4-2-3-5-13(17)15(19)20/h6-7,9,13H,2-5,8,16H2,1H3,(H,19,20). The van der Waals surface area contributed by atoms with Crippen molar-refractivity contribution in [2.45, 2.75) is 38.6 Å². The fraction of sp³-hybridized carbons (Fsp3) is 0.467. The van der Waals surface area contributed by atoms with E-state index in [2.05, 4.69) is 0 Å². The van der Waals surface area contributed by atoms with Gasteiger partial charge in [-0.1, -0.05) is 12.8 Å². The molecule has 1 atom stereocenters. The molecule has 3 N–H and O–H groups in total. The number of carbonyl (C=O) groups is 2. The Balaban J connectivity index is 2.28. The van der Waals surface area contributed by atoms with Crippen LogP contribution in [-0.2, 0) is 4.79 Å². The van der Waals surface area contributed by atoms with Crippen molar-refractivity contribution in [3.05, 3.63) is 29.3 Å². The van der Waals surface area contributed by atoms with Crippen LogP contribution in [0.4, 0.5) is 5.69 Å². The van der Waals surface area contributed by atoms with E-state index in [9.17, 15) is 14.7 Å². The normalized spacial score (nSPS) is 19.4. The monoisotopic (exact) mass is 276 g/mol. The molecule has 108 valence electrons. The first kappa shape index (κ1) is 14.4. The Labute approximate surface area is 118 Å². The highest BCUT2D eigenvalue weighted by Gasteiger charge is 2.31. The smallest absolute Gasteiger partial charge is 0.326 e. The van der Waals surface area contributed by atoms with Crippen LogP contribution in [0.2, 0.25) is 0 Å². The summed E-state index contributed by atoms with van der Waals surface area (Å²) in [4.78, 5) is 25.4. The van der Waals surface area contributed by atoms with E-state index < -0.39 is 12.0 Å². The summed E-state index contributed by atoms with van der Waals surface area (Å²) in [5.41, 5.74) is 7.72. The zero-order chi connectivity index (χ0) is 14.7. The molecule has 0 aromatic heterocycles. The average Bonchev–Trinajstić information content (AvgIpc) is 2.66. The lowest BCUT2D eigenvalue weighted by Gasteiger charge is -2.27. The summed E-state index contributed by atoms with van der Waals surface area (Å²) in [5, 5.41) is 9.31. The molecular weight excluding hydrogens is 256 g/mol. The number of nitrogens with zero attached hydrogens (tertiary/aromatic N) is 1. The molecule has 20 heavy (non-hydrogen) atoms. The molecule has 1 amide bonds. The summed E-state index contributed by atoms with van der Waals surface area (Å²) in [6.45, 7) is 2.34. The molecule has 0 radical (unpaired) electrons. The molecule has 5 nitrogen and oxygen atoms in total. The number of likely N-dealkylation sites (tertiary alicyclic amines) is 1. The van der Waals surface area contributed by atoms with Gasteiger partial charge >= 0.3 is 5.97 Å². The predicted molar refractivity (Wildman–Crippen MR) is 76.5 cm³/mol. The average molecular weight is 276 g/mol. The molecule has 1 aliphatic rings. The summed E-state index contributed by atoms with van der Waals surface area (Å²) in [6, 6.07) is 4.36. The third-order valence-electron chi connectivity index (χ3n) is 3.82. The molecule has 1 unspecified atom stereocenters. The SMILES string of the molecule is Cc1cc(C(=O)N2CCCCCC2C(=O)O)ccc1N. The van der Waals surface area contributed by atoms with E-state index in [0.717, 1.165) is 24.8 Å². The number of benzene rings is 1. The molecule has 1 aliphatic heterocycles. The topological polar surface area (TPSA) is 83.6 Å². The van der Waals surface area contributed by atoms with Gasteiger partial charge in [-0.25, -0.2) is 4.79 Å². The van der Waals surface area contributed by atoms with Gasteiger partial charge in [0.1, 0.15) is 6.04 Å². The number of carboxylic acid groups (broad SMARTS) is 1. The maximum Gasteiger partial charge on any atom is 0.326 e. The van der Waals surface area contributed by atoms with Crippen LogP contribution >= 0.6 is 0 Å². The van der Waals surface area contributed by atoms with E-state index in [1.807, 2.05) is 6.92 Å². The van der Waals surface area contributed by atoms with E-state index in [0.29, 0.717) is 24.2 Å². The molecule has 1 heterocycles. The number of hydrogen-bond donors (Lipinski definition) is 2. The van der Waals surface area contributed by atoms with Gasteiger partial charge in [0, 0.05) is 17.8 Å². The highest BCUT2D eigenvalue weighted by molar-refractivity contribution is 5.97. The number of aliphatic carboxylic acids is 1. The van der Waals surface area contributed by atoms with Crippen molar-refractivity contribution in [1.29, 1.82) is 0 Å².